The molecular weight excluding hydrogens is 529 g/mol. The molecule has 11 heteroatoms. The van der Waals surface area contributed by atoms with Gasteiger partial charge in [0, 0.05) is 37.3 Å². The number of ether oxygens (including phenoxy) is 2. The molecular formula is C30H32FN5O5. The first-order chi connectivity index (χ1) is 19.8. The third kappa shape index (κ3) is 4.58. The SMILES string of the molecule is Cn1cc(-c2ccc3c(c2)C(O)C[C@]32NCOCN(CC(=O)N3Cc4cc(F)ccc4OC[C@H]3C3CC3)C2=O)cn1. The molecule has 2 aliphatic heterocycles. The van der Waals surface area contributed by atoms with Crippen LogP contribution in [0.2, 0.25) is 0 Å². The van der Waals surface area contributed by atoms with Crippen LogP contribution in [0.15, 0.2) is 48.8 Å². The summed E-state index contributed by atoms with van der Waals surface area (Å²) < 4.78 is 27.5. The first-order valence-corrected chi connectivity index (χ1v) is 14.0. The largest absolute Gasteiger partial charge is 0.491 e. The van der Waals surface area contributed by atoms with E-state index in [0.29, 0.717) is 35.0 Å². The molecule has 2 amide bonds. The Morgan fingerprint density at radius 1 is 1.22 bits per heavy atom. The average Bonchev–Trinajstić information content (AvgIpc) is 3.70. The highest BCUT2D eigenvalue weighted by atomic mass is 19.1. The maximum absolute atomic E-state index is 14.2. The Morgan fingerprint density at radius 3 is 2.85 bits per heavy atom. The van der Waals surface area contributed by atoms with Gasteiger partial charge >= 0.3 is 0 Å². The number of carbonyl (C=O) groups is 2. The minimum atomic E-state index is -1.23. The lowest BCUT2D eigenvalue weighted by molar-refractivity contribution is -0.148. The van der Waals surface area contributed by atoms with Crippen molar-refractivity contribution in [2.75, 3.05) is 26.6 Å². The number of rotatable bonds is 4. The van der Waals surface area contributed by atoms with Crippen molar-refractivity contribution < 1.29 is 28.6 Å². The number of aromatic nitrogens is 2. The summed E-state index contributed by atoms with van der Waals surface area (Å²) in [6.07, 6.45) is 4.89. The Balaban J connectivity index is 1.17. The van der Waals surface area contributed by atoms with Gasteiger partial charge in [0.05, 0.1) is 25.1 Å². The standard InChI is InChI=1S/C30H32FN5O5/c1-34-12-21(11-33-34)19-4-6-24-23(9-19)26(37)10-30(24)29(39)35(17-40-16-32-30)14-28(38)36-13-20-8-22(31)5-7-27(20)41-15-25(36)18-2-3-18/h4-9,11-12,18,25-26,32,37H,2-3,10,13-17H2,1H3/t25-,26?,30-/m0/s1. The zero-order valence-corrected chi connectivity index (χ0v) is 22.8. The number of hydrogen-bond donors (Lipinski definition) is 2. The quantitative estimate of drug-likeness (QED) is 0.504. The second-order valence-electron chi connectivity index (χ2n) is 11.5. The highest BCUT2D eigenvalue weighted by Gasteiger charge is 2.52. The lowest BCUT2D eigenvalue weighted by Crippen LogP contribution is -2.55. The van der Waals surface area contributed by atoms with Gasteiger partial charge in [-0.15, -0.1) is 0 Å². The Morgan fingerprint density at radius 2 is 2.07 bits per heavy atom. The van der Waals surface area contributed by atoms with Crippen molar-refractivity contribution in [1.82, 2.24) is 24.9 Å². The molecule has 1 saturated heterocycles. The van der Waals surface area contributed by atoms with Gasteiger partial charge in [-0.1, -0.05) is 12.1 Å². The Kier molecular flexibility index (Phi) is 6.33. The molecule has 4 aliphatic rings. The second kappa shape index (κ2) is 9.93. The number of carbonyl (C=O) groups excluding carboxylic acids is 2. The second-order valence-corrected chi connectivity index (χ2v) is 11.5. The lowest BCUT2D eigenvalue weighted by atomic mass is 9.89. The summed E-state index contributed by atoms with van der Waals surface area (Å²) in [7, 11) is 1.84. The minimum absolute atomic E-state index is 0.0673. The number of benzene rings is 2. The number of aliphatic hydroxyl groups is 1. The van der Waals surface area contributed by atoms with Crippen molar-refractivity contribution in [2.45, 2.75) is 43.5 Å². The zero-order valence-electron chi connectivity index (χ0n) is 22.8. The van der Waals surface area contributed by atoms with Crippen molar-refractivity contribution in [3.63, 3.8) is 0 Å². The molecule has 214 valence electrons. The number of amides is 2. The number of nitrogens with one attached hydrogen (secondary N) is 1. The molecule has 7 rings (SSSR count). The summed E-state index contributed by atoms with van der Waals surface area (Å²) in [4.78, 5) is 31.2. The van der Waals surface area contributed by atoms with Crippen LogP contribution in [0.25, 0.3) is 11.1 Å². The maximum Gasteiger partial charge on any atom is 0.249 e. The van der Waals surface area contributed by atoms with Crippen molar-refractivity contribution in [3.05, 3.63) is 71.3 Å². The predicted molar refractivity (Wildman–Crippen MR) is 145 cm³/mol. The fraction of sp³-hybridized carbons (Fsp3) is 0.433. The number of fused-ring (bicyclic) bond motifs is 3. The molecule has 2 aliphatic carbocycles. The van der Waals surface area contributed by atoms with Gasteiger partial charge in [-0.05, 0) is 59.7 Å². The van der Waals surface area contributed by atoms with Crippen LogP contribution in [0.1, 0.15) is 42.1 Å². The van der Waals surface area contributed by atoms with E-state index >= 15 is 0 Å². The van der Waals surface area contributed by atoms with Crippen LogP contribution < -0.4 is 10.1 Å². The van der Waals surface area contributed by atoms with E-state index < -0.39 is 11.6 Å². The van der Waals surface area contributed by atoms with Gasteiger partial charge < -0.3 is 24.4 Å². The topological polar surface area (TPSA) is 109 Å². The molecule has 1 aromatic heterocycles. The molecule has 0 bridgehead atoms. The van der Waals surface area contributed by atoms with Crippen molar-refractivity contribution >= 4 is 11.8 Å². The summed E-state index contributed by atoms with van der Waals surface area (Å²) >= 11 is 0. The molecule has 2 N–H and O–H groups in total. The van der Waals surface area contributed by atoms with E-state index in [1.165, 1.54) is 17.0 Å². The Labute approximate surface area is 236 Å². The molecule has 3 aromatic rings. The maximum atomic E-state index is 14.2. The molecule has 10 nitrogen and oxygen atoms in total. The van der Waals surface area contributed by atoms with Gasteiger partial charge in [-0.3, -0.25) is 19.6 Å². The molecule has 1 saturated carbocycles. The Hall–Kier alpha value is -3.80. The van der Waals surface area contributed by atoms with Gasteiger partial charge in [0.25, 0.3) is 0 Å². The van der Waals surface area contributed by atoms with E-state index in [1.807, 2.05) is 31.4 Å². The number of aliphatic hydroxyl groups excluding tert-OH is 1. The molecule has 3 atom stereocenters. The van der Waals surface area contributed by atoms with Crippen molar-refractivity contribution in [3.8, 4) is 16.9 Å². The van der Waals surface area contributed by atoms with Crippen LogP contribution in [0, 0.1) is 11.7 Å². The van der Waals surface area contributed by atoms with Crippen LogP contribution in [0.3, 0.4) is 0 Å². The zero-order chi connectivity index (χ0) is 28.3. The first kappa shape index (κ1) is 26.1. The van der Waals surface area contributed by atoms with Crippen LogP contribution in [-0.2, 0) is 33.5 Å². The number of aryl methyl sites for hydroxylation is 1. The van der Waals surface area contributed by atoms with Crippen molar-refractivity contribution in [1.29, 1.82) is 0 Å². The molecule has 2 aromatic carbocycles. The summed E-state index contributed by atoms with van der Waals surface area (Å²) in [6.45, 7) is 0.348. The third-order valence-electron chi connectivity index (χ3n) is 8.77. The van der Waals surface area contributed by atoms with Crippen LogP contribution in [0.4, 0.5) is 4.39 Å². The fourth-order valence-corrected chi connectivity index (χ4v) is 6.49. The Bertz CT molecular complexity index is 1520. The van der Waals surface area contributed by atoms with Gasteiger partial charge in [0.1, 0.15) is 37.0 Å². The summed E-state index contributed by atoms with van der Waals surface area (Å²) in [6, 6.07) is 9.89. The number of nitrogens with zero attached hydrogens (tertiary/aromatic N) is 4. The van der Waals surface area contributed by atoms with Gasteiger partial charge in [-0.25, -0.2) is 4.39 Å². The molecule has 0 radical (unpaired) electrons. The summed E-state index contributed by atoms with van der Waals surface area (Å²) in [5, 5.41) is 18.6. The highest BCUT2D eigenvalue weighted by Crippen LogP contribution is 2.46. The molecule has 41 heavy (non-hydrogen) atoms. The normalized spacial score (nSPS) is 25.9. The van der Waals surface area contributed by atoms with E-state index in [-0.39, 0.29) is 56.6 Å². The van der Waals surface area contributed by atoms with Crippen LogP contribution in [-0.4, -0.2) is 69.2 Å². The van der Waals surface area contributed by atoms with Gasteiger partial charge in [0.15, 0.2) is 0 Å². The first-order valence-electron chi connectivity index (χ1n) is 14.0. The van der Waals surface area contributed by atoms with E-state index in [0.717, 1.165) is 24.0 Å². The summed E-state index contributed by atoms with van der Waals surface area (Å²) in [5.74, 6) is -0.0723. The van der Waals surface area contributed by atoms with Gasteiger partial charge in [-0.2, -0.15) is 5.10 Å². The van der Waals surface area contributed by atoms with E-state index in [2.05, 4.69) is 10.4 Å². The average molecular weight is 562 g/mol. The summed E-state index contributed by atoms with van der Waals surface area (Å²) in [5.41, 5.74) is 2.52. The van der Waals surface area contributed by atoms with Gasteiger partial charge in [0.2, 0.25) is 11.8 Å². The third-order valence-corrected chi connectivity index (χ3v) is 8.77. The highest BCUT2D eigenvalue weighted by molar-refractivity contribution is 5.93. The number of hydrogen-bond acceptors (Lipinski definition) is 7. The van der Waals surface area contributed by atoms with Crippen LogP contribution in [0.5, 0.6) is 5.75 Å². The molecule has 2 fully saturated rings. The van der Waals surface area contributed by atoms with E-state index in [9.17, 15) is 19.1 Å². The molecule has 1 unspecified atom stereocenters. The monoisotopic (exact) mass is 561 g/mol. The lowest BCUT2D eigenvalue weighted by Gasteiger charge is -2.34. The number of halogens is 1. The fourth-order valence-electron chi connectivity index (χ4n) is 6.49. The van der Waals surface area contributed by atoms with E-state index in [4.69, 9.17) is 9.47 Å². The van der Waals surface area contributed by atoms with Crippen LogP contribution >= 0.6 is 0 Å². The predicted octanol–water partition coefficient (Wildman–Crippen LogP) is 2.42. The molecule has 3 heterocycles. The smallest absolute Gasteiger partial charge is 0.249 e. The molecule has 1 spiro atoms. The van der Waals surface area contributed by atoms with E-state index in [1.54, 1.807) is 21.8 Å². The minimum Gasteiger partial charge on any atom is -0.491 e. The van der Waals surface area contributed by atoms with Crippen molar-refractivity contribution in [2.24, 2.45) is 13.0 Å².